The summed E-state index contributed by atoms with van der Waals surface area (Å²) in [5.41, 5.74) is 5.59. The van der Waals surface area contributed by atoms with Crippen molar-refractivity contribution in [2.45, 2.75) is 40.5 Å². The molecule has 1 aliphatic rings. The third kappa shape index (κ3) is 8.85. The molecule has 0 aromatic heterocycles. The molecule has 3 nitrogen and oxygen atoms in total. The highest BCUT2D eigenvalue weighted by Crippen LogP contribution is 2.14. The standard InChI is InChI=1S/C8H19N3.2C2H6.2H2/c1-10-7-11-4-2-8(6-9)3-5-11;2*1-2;;/h8,10H,2-7,9H2,1H3;2*1-2H3;2*1H. The van der Waals surface area contributed by atoms with Crippen LogP contribution in [-0.2, 0) is 0 Å². The van der Waals surface area contributed by atoms with Gasteiger partial charge in [-0.15, -0.1) is 0 Å². The van der Waals surface area contributed by atoms with Gasteiger partial charge in [-0.3, -0.25) is 4.90 Å². The van der Waals surface area contributed by atoms with E-state index in [0.29, 0.717) is 0 Å². The van der Waals surface area contributed by atoms with E-state index in [0.717, 1.165) is 19.1 Å². The summed E-state index contributed by atoms with van der Waals surface area (Å²) >= 11 is 0. The molecule has 15 heavy (non-hydrogen) atoms. The zero-order valence-corrected chi connectivity index (χ0v) is 11.3. The summed E-state index contributed by atoms with van der Waals surface area (Å²) in [4.78, 5) is 2.44. The molecule has 0 aliphatic carbocycles. The van der Waals surface area contributed by atoms with Crippen molar-refractivity contribution in [1.29, 1.82) is 0 Å². The minimum absolute atomic E-state index is 0. The van der Waals surface area contributed by atoms with E-state index in [-0.39, 0.29) is 2.85 Å². The normalized spacial score (nSPS) is 17.2. The molecule has 1 rings (SSSR count). The van der Waals surface area contributed by atoms with E-state index in [2.05, 4.69) is 10.2 Å². The second kappa shape index (κ2) is 13.9. The Kier molecular flexibility index (Phi) is 16.0. The lowest BCUT2D eigenvalue weighted by atomic mass is 9.97. The first-order valence-electron chi connectivity index (χ1n) is 6.44. The predicted molar refractivity (Wildman–Crippen MR) is 74.2 cm³/mol. The van der Waals surface area contributed by atoms with Crippen LogP contribution in [0, 0.1) is 5.92 Å². The Labute approximate surface area is 99.4 Å². The average molecular weight is 221 g/mol. The molecule has 0 saturated carbocycles. The van der Waals surface area contributed by atoms with Crippen LogP contribution in [0.2, 0.25) is 0 Å². The fraction of sp³-hybridized carbons (Fsp3) is 1.00. The predicted octanol–water partition coefficient (Wildman–Crippen LogP) is 2.38. The molecule has 1 saturated heterocycles. The van der Waals surface area contributed by atoms with Crippen molar-refractivity contribution in [3.05, 3.63) is 0 Å². The summed E-state index contributed by atoms with van der Waals surface area (Å²) in [6.45, 7) is 12.3. The summed E-state index contributed by atoms with van der Waals surface area (Å²) in [5, 5.41) is 3.16. The highest BCUT2D eigenvalue weighted by atomic mass is 15.2. The van der Waals surface area contributed by atoms with Gasteiger partial charge in [-0.2, -0.15) is 0 Å². The Hall–Kier alpha value is -0.120. The van der Waals surface area contributed by atoms with E-state index in [1.165, 1.54) is 25.9 Å². The highest BCUT2D eigenvalue weighted by Gasteiger charge is 2.16. The molecular weight excluding hydrogens is 186 g/mol. The SMILES string of the molecule is CC.CC.CNCN1CCC(CN)CC1.[HH].[HH]. The quantitative estimate of drug-likeness (QED) is 0.769. The fourth-order valence-corrected chi connectivity index (χ4v) is 1.60. The van der Waals surface area contributed by atoms with E-state index in [1.807, 2.05) is 34.7 Å². The Morgan fingerprint density at radius 2 is 1.67 bits per heavy atom. The van der Waals surface area contributed by atoms with E-state index in [1.54, 1.807) is 0 Å². The van der Waals surface area contributed by atoms with E-state index in [4.69, 9.17) is 5.73 Å². The lowest BCUT2D eigenvalue weighted by Gasteiger charge is -2.30. The highest BCUT2D eigenvalue weighted by molar-refractivity contribution is 4.71. The van der Waals surface area contributed by atoms with Gasteiger partial charge in [0, 0.05) is 9.52 Å². The number of likely N-dealkylation sites (tertiary alicyclic amines) is 1. The first kappa shape index (κ1) is 17.3. The van der Waals surface area contributed by atoms with Gasteiger partial charge in [0.1, 0.15) is 0 Å². The number of hydrogen-bond acceptors (Lipinski definition) is 3. The first-order chi connectivity index (χ1) is 7.36. The largest absolute Gasteiger partial charge is 0.330 e. The summed E-state index contributed by atoms with van der Waals surface area (Å²) in [7, 11) is 2.00. The molecule has 3 heteroatoms. The maximum absolute atomic E-state index is 5.59. The van der Waals surface area contributed by atoms with Gasteiger partial charge in [-0.1, -0.05) is 27.7 Å². The minimum atomic E-state index is 0. The summed E-state index contributed by atoms with van der Waals surface area (Å²) in [6.07, 6.45) is 2.55. The third-order valence-corrected chi connectivity index (χ3v) is 2.42. The molecule has 1 aliphatic heterocycles. The molecule has 0 spiro atoms. The smallest absolute Gasteiger partial charge is 0.0477 e. The van der Waals surface area contributed by atoms with E-state index in [9.17, 15) is 0 Å². The van der Waals surface area contributed by atoms with Crippen LogP contribution >= 0.6 is 0 Å². The second-order valence-corrected chi connectivity index (χ2v) is 3.31. The van der Waals surface area contributed by atoms with Crippen LogP contribution in [0.4, 0.5) is 0 Å². The van der Waals surface area contributed by atoms with Crippen molar-refractivity contribution >= 4 is 0 Å². The lowest BCUT2D eigenvalue weighted by molar-refractivity contribution is 0.179. The van der Waals surface area contributed by atoms with Gasteiger partial charge in [-0.25, -0.2) is 0 Å². The van der Waals surface area contributed by atoms with Crippen LogP contribution < -0.4 is 11.1 Å². The van der Waals surface area contributed by atoms with Gasteiger partial charge in [0.25, 0.3) is 0 Å². The molecule has 3 N–H and O–H groups in total. The molecule has 1 fully saturated rings. The number of piperidine rings is 1. The molecule has 0 aromatic carbocycles. The maximum Gasteiger partial charge on any atom is 0.0477 e. The van der Waals surface area contributed by atoms with E-state index >= 15 is 0 Å². The summed E-state index contributed by atoms with van der Waals surface area (Å²) in [6, 6.07) is 0. The van der Waals surface area contributed by atoms with Gasteiger partial charge in [0.2, 0.25) is 0 Å². The van der Waals surface area contributed by atoms with Crippen molar-refractivity contribution in [1.82, 2.24) is 10.2 Å². The lowest BCUT2D eigenvalue weighted by Crippen LogP contribution is -2.40. The van der Waals surface area contributed by atoms with Gasteiger partial charge in [0.05, 0.1) is 0 Å². The molecule has 0 amide bonds. The zero-order valence-electron chi connectivity index (χ0n) is 11.3. The van der Waals surface area contributed by atoms with Crippen LogP contribution in [0.3, 0.4) is 0 Å². The summed E-state index contributed by atoms with van der Waals surface area (Å²) in [5.74, 6) is 0.781. The molecule has 0 atom stereocenters. The molecule has 0 aromatic rings. The van der Waals surface area contributed by atoms with Gasteiger partial charge in [-0.05, 0) is 45.4 Å². The molecule has 98 valence electrons. The molecule has 0 bridgehead atoms. The van der Waals surface area contributed by atoms with Crippen molar-refractivity contribution < 1.29 is 2.85 Å². The van der Waals surface area contributed by atoms with Gasteiger partial charge >= 0.3 is 0 Å². The summed E-state index contributed by atoms with van der Waals surface area (Å²) < 4.78 is 0. The number of rotatable bonds is 3. The average Bonchev–Trinajstić information content (AvgIpc) is 2.36. The Morgan fingerprint density at radius 1 is 1.20 bits per heavy atom. The monoisotopic (exact) mass is 221 g/mol. The van der Waals surface area contributed by atoms with Crippen LogP contribution in [0.25, 0.3) is 0 Å². The Bertz CT molecular complexity index is 108. The third-order valence-electron chi connectivity index (χ3n) is 2.42. The number of nitrogens with one attached hydrogen (secondary N) is 1. The Morgan fingerprint density at radius 3 is 2.00 bits per heavy atom. The molecule has 0 radical (unpaired) electrons. The number of nitrogens with zero attached hydrogens (tertiary/aromatic N) is 1. The molecule has 1 heterocycles. The van der Waals surface area contributed by atoms with Crippen LogP contribution in [0.5, 0.6) is 0 Å². The van der Waals surface area contributed by atoms with Gasteiger partial charge < -0.3 is 11.1 Å². The van der Waals surface area contributed by atoms with Crippen LogP contribution in [0.1, 0.15) is 43.4 Å². The van der Waals surface area contributed by atoms with E-state index < -0.39 is 0 Å². The van der Waals surface area contributed by atoms with Gasteiger partial charge in [0.15, 0.2) is 0 Å². The van der Waals surface area contributed by atoms with Crippen LogP contribution in [0.15, 0.2) is 0 Å². The Balaban J connectivity index is -0.000000128. The van der Waals surface area contributed by atoms with Crippen LogP contribution in [-0.4, -0.2) is 38.3 Å². The topological polar surface area (TPSA) is 41.3 Å². The zero-order chi connectivity index (χ0) is 12.1. The van der Waals surface area contributed by atoms with Crippen molar-refractivity contribution in [3.63, 3.8) is 0 Å². The van der Waals surface area contributed by atoms with Crippen molar-refractivity contribution in [3.8, 4) is 0 Å². The maximum atomic E-state index is 5.59. The number of nitrogens with two attached hydrogens (primary N) is 1. The second-order valence-electron chi connectivity index (χ2n) is 3.31. The first-order valence-corrected chi connectivity index (χ1v) is 6.44. The van der Waals surface area contributed by atoms with Crippen molar-refractivity contribution in [2.75, 3.05) is 33.4 Å². The number of hydrogen-bond donors (Lipinski definition) is 2. The molecular formula is C12H35N3. The fourth-order valence-electron chi connectivity index (χ4n) is 1.60. The van der Waals surface area contributed by atoms with Crippen molar-refractivity contribution in [2.24, 2.45) is 11.7 Å². The minimum Gasteiger partial charge on any atom is -0.330 e. The molecule has 0 unspecified atom stereocenters.